The molecule has 0 unspecified atom stereocenters. The van der Waals surface area contributed by atoms with E-state index in [4.69, 9.17) is 0 Å². The number of hydrogen-bond acceptors (Lipinski definition) is 1. The zero-order valence-electron chi connectivity index (χ0n) is 11.9. The van der Waals surface area contributed by atoms with Crippen LogP contribution in [0.1, 0.15) is 11.1 Å². The average Bonchev–Trinajstić information content (AvgIpc) is 2.81. The van der Waals surface area contributed by atoms with E-state index in [1.807, 2.05) is 48.5 Å². The van der Waals surface area contributed by atoms with Gasteiger partial charge >= 0.3 is 0 Å². The van der Waals surface area contributed by atoms with E-state index in [0.717, 1.165) is 33.7 Å². The maximum atomic E-state index is 4.23. The van der Waals surface area contributed by atoms with Gasteiger partial charge in [0.05, 0.1) is 0 Å². The Bertz CT molecular complexity index is 763. The molecule has 1 aliphatic carbocycles. The summed E-state index contributed by atoms with van der Waals surface area (Å²) in [5.74, 6) is 0. The zero-order chi connectivity index (χ0) is 14.8. The number of rotatable bonds is 4. The van der Waals surface area contributed by atoms with Gasteiger partial charge < -0.3 is 5.32 Å². The summed E-state index contributed by atoms with van der Waals surface area (Å²) in [6.07, 6.45) is 1.88. The standard InChI is InChI=1S/C20H17N/c1-4-17-19-13-9-8-12-18(19)14(2)20(17)15(3)21-16-10-6-5-7-11-16/h4-13,21H,1-3H2. The fraction of sp³-hybridized carbons (Fsp3) is 0. The van der Waals surface area contributed by atoms with Crippen LogP contribution in [0.3, 0.4) is 0 Å². The van der Waals surface area contributed by atoms with Crippen molar-refractivity contribution in [3.05, 3.63) is 103 Å². The van der Waals surface area contributed by atoms with Crippen molar-refractivity contribution in [1.29, 1.82) is 0 Å². The Morgan fingerprint density at radius 2 is 1.52 bits per heavy atom. The molecule has 102 valence electrons. The first-order chi connectivity index (χ1) is 10.2. The van der Waals surface area contributed by atoms with E-state index in [9.17, 15) is 0 Å². The summed E-state index contributed by atoms with van der Waals surface area (Å²) < 4.78 is 0. The van der Waals surface area contributed by atoms with E-state index in [1.165, 1.54) is 5.56 Å². The number of fused-ring (bicyclic) bond motifs is 1. The van der Waals surface area contributed by atoms with Crippen LogP contribution in [-0.4, -0.2) is 0 Å². The van der Waals surface area contributed by atoms with Crippen LogP contribution < -0.4 is 5.32 Å². The van der Waals surface area contributed by atoms with Crippen molar-refractivity contribution < 1.29 is 0 Å². The number of para-hydroxylation sites is 1. The van der Waals surface area contributed by atoms with Crippen molar-refractivity contribution in [3.63, 3.8) is 0 Å². The molecule has 0 aromatic heterocycles. The van der Waals surface area contributed by atoms with Crippen LogP contribution in [-0.2, 0) is 0 Å². The molecule has 0 heterocycles. The van der Waals surface area contributed by atoms with Crippen LogP contribution in [0.4, 0.5) is 5.69 Å². The molecule has 1 N–H and O–H groups in total. The van der Waals surface area contributed by atoms with E-state index in [0.29, 0.717) is 0 Å². The van der Waals surface area contributed by atoms with Gasteiger partial charge in [0.1, 0.15) is 0 Å². The molecule has 0 atom stereocenters. The number of allylic oxidation sites excluding steroid dienone is 3. The monoisotopic (exact) mass is 271 g/mol. The Morgan fingerprint density at radius 3 is 2.19 bits per heavy atom. The number of nitrogens with one attached hydrogen (secondary N) is 1. The molecule has 1 aliphatic rings. The van der Waals surface area contributed by atoms with Gasteiger partial charge in [-0.3, -0.25) is 0 Å². The molecular formula is C20H17N. The van der Waals surface area contributed by atoms with Gasteiger partial charge in [-0.05, 0) is 34.4 Å². The molecule has 0 amide bonds. The molecule has 2 aromatic rings. The van der Waals surface area contributed by atoms with Crippen molar-refractivity contribution in [3.8, 4) is 0 Å². The highest BCUT2D eigenvalue weighted by Crippen LogP contribution is 2.43. The van der Waals surface area contributed by atoms with Crippen molar-refractivity contribution in [2.45, 2.75) is 0 Å². The predicted octanol–water partition coefficient (Wildman–Crippen LogP) is 5.28. The first kappa shape index (κ1) is 13.2. The Balaban J connectivity index is 2.00. The number of anilines is 1. The normalized spacial score (nSPS) is 13.0. The van der Waals surface area contributed by atoms with Crippen molar-refractivity contribution in [2.75, 3.05) is 5.32 Å². The molecule has 1 heteroatoms. The summed E-state index contributed by atoms with van der Waals surface area (Å²) in [6, 6.07) is 18.3. The summed E-state index contributed by atoms with van der Waals surface area (Å²) >= 11 is 0. The lowest BCUT2D eigenvalue weighted by Crippen LogP contribution is -2.01. The maximum Gasteiger partial charge on any atom is 0.0397 e. The van der Waals surface area contributed by atoms with Gasteiger partial charge in [0.25, 0.3) is 0 Å². The van der Waals surface area contributed by atoms with E-state index in [1.54, 1.807) is 0 Å². The first-order valence-electron chi connectivity index (χ1n) is 6.89. The number of benzene rings is 2. The first-order valence-corrected chi connectivity index (χ1v) is 6.89. The smallest absolute Gasteiger partial charge is 0.0397 e. The molecule has 0 saturated carbocycles. The lowest BCUT2D eigenvalue weighted by Gasteiger charge is -2.13. The molecule has 1 nitrogen and oxygen atoms in total. The van der Waals surface area contributed by atoms with E-state index < -0.39 is 0 Å². The molecule has 0 radical (unpaired) electrons. The minimum absolute atomic E-state index is 0.845. The molecule has 0 aliphatic heterocycles. The van der Waals surface area contributed by atoms with Gasteiger partial charge in [-0.15, -0.1) is 0 Å². The third-order valence-electron chi connectivity index (χ3n) is 3.69. The van der Waals surface area contributed by atoms with Crippen LogP contribution in [0.2, 0.25) is 0 Å². The van der Waals surface area contributed by atoms with Crippen LogP contribution >= 0.6 is 0 Å². The summed E-state index contributed by atoms with van der Waals surface area (Å²) in [5, 5.41) is 3.35. The topological polar surface area (TPSA) is 12.0 Å². The average molecular weight is 271 g/mol. The van der Waals surface area contributed by atoms with E-state index in [-0.39, 0.29) is 0 Å². The van der Waals surface area contributed by atoms with Gasteiger partial charge in [0.15, 0.2) is 0 Å². The molecule has 2 aromatic carbocycles. The molecule has 0 bridgehead atoms. The van der Waals surface area contributed by atoms with Gasteiger partial charge in [-0.2, -0.15) is 0 Å². The van der Waals surface area contributed by atoms with Crippen LogP contribution in [0.25, 0.3) is 11.1 Å². The Labute approximate surface area is 125 Å². The molecule has 0 spiro atoms. The summed E-state index contributed by atoms with van der Waals surface area (Å²) in [6.45, 7) is 12.4. The molecule has 0 fully saturated rings. The second-order valence-corrected chi connectivity index (χ2v) is 4.99. The highest BCUT2D eigenvalue weighted by molar-refractivity contribution is 6.05. The Morgan fingerprint density at radius 1 is 0.905 bits per heavy atom. The van der Waals surface area contributed by atoms with Crippen molar-refractivity contribution in [2.24, 2.45) is 0 Å². The second kappa shape index (κ2) is 5.29. The van der Waals surface area contributed by atoms with Crippen molar-refractivity contribution >= 4 is 16.8 Å². The fourth-order valence-corrected chi connectivity index (χ4v) is 2.73. The van der Waals surface area contributed by atoms with Gasteiger partial charge in [-0.25, -0.2) is 0 Å². The van der Waals surface area contributed by atoms with Gasteiger partial charge in [0, 0.05) is 17.0 Å². The summed E-state index contributed by atoms with van der Waals surface area (Å²) in [5.41, 5.74) is 7.30. The SMILES string of the molecule is C=CC1=C(C(=C)Nc2ccccc2)C(=C)c2ccccc21. The summed E-state index contributed by atoms with van der Waals surface area (Å²) in [7, 11) is 0. The Hall–Kier alpha value is -2.80. The predicted molar refractivity (Wildman–Crippen MR) is 91.8 cm³/mol. The van der Waals surface area contributed by atoms with Crippen LogP contribution in [0.5, 0.6) is 0 Å². The lowest BCUT2D eigenvalue weighted by atomic mass is 10.0. The second-order valence-electron chi connectivity index (χ2n) is 4.99. The summed E-state index contributed by atoms with van der Waals surface area (Å²) in [4.78, 5) is 0. The largest absolute Gasteiger partial charge is 0.355 e. The van der Waals surface area contributed by atoms with Gasteiger partial charge in [-0.1, -0.05) is 68.3 Å². The lowest BCUT2D eigenvalue weighted by molar-refractivity contribution is 1.45. The molecule has 3 rings (SSSR count). The molecule has 0 saturated heterocycles. The third-order valence-corrected chi connectivity index (χ3v) is 3.69. The quantitative estimate of drug-likeness (QED) is 0.797. The zero-order valence-corrected chi connectivity index (χ0v) is 11.9. The number of hydrogen-bond donors (Lipinski definition) is 1. The molecular weight excluding hydrogens is 254 g/mol. The van der Waals surface area contributed by atoms with Crippen LogP contribution in [0, 0.1) is 0 Å². The van der Waals surface area contributed by atoms with E-state index >= 15 is 0 Å². The van der Waals surface area contributed by atoms with Crippen molar-refractivity contribution in [1.82, 2.24) is 0 Å². The van der Waals surface area contributed by atoms with E-state index in [2.05, 4.69) is 37.2 Å². The van der Waals surface area contributed by atoms with Gasteiger partial charge in [0.2, 0.25) is 0 Å². The maximum absolute atomic E-state index is 4.23. The molecule has 21 heavy (non-hydrogen) atoms. The minimum atomic E-state index is 0.845. The Kier molecular flexibility index (Phi) is 3.33. The minimum Gasteiger partial charge on any atom is -0.355 e. The third kappa shape index (κ3) is 2.23. The highest BCUT2D eigenvalue weighted by Gasteiger charge is 2.24. The van der Waals surface area contributed by atoms with Crippen LogP contribution in [0.15, 0.2) is 91.7 Å². The highest BCUT2D eigenvalue weighted by atomic mass is 14.9. The fourth-order valence-electron chi connectivity index (χ4n) is 2.73.